The summed E-state index contributed by atoms with van der Waals surface area (Å²) in [5.41, 5.74) is 5.16. The molecule has 9 heteroatoms. The maximum atomic E-state index is 12.5. The van der Waals surface area contributed by atoms with E-state index in [1.807, 2.05) is 0 Å². The van der Waals surface area contributed by atoms with Crippen LogP contribution < -0.4 is 5.73 Å². The van der Waals surface area contributed by atoms with Crippen LogP contribution in [0.5, 0.6) is 0 Å². The van der Waals surface area contributed by atoms with Gasteiger partial charge in [0.2, 0.25) is 10.0 Å². The molecule has 1 aliphatic rings. The van der Waals surface area contributed by atoms with E-state index < -0.39 is 16.1 Å². The quantitative estimate of drug-likeness (QED) is 0.884. The van der Waals surface area contributed by atoms with Gasteiger partial charge >= 0.3 is 6.03 Å². The number of carbonyl (C=O) groups is 1. The third-order valence-electron chi connectivity index (χ3n) is 3.08. The molecule has 0 radical (unpaired) electrons. The average molecular weight is 338 g/mol. The SMILES string of the molecule is NC(=O)N1CCN(S(=O)(=O)c2cccc(Cl)c2Cl)CC1. The number of nitrogens with zero attached hydrogens (tertiary/aromatic N) is 2. The predicted molar refractivity (Wildman–Crippen MR) is 76.4 cm³/mol. The maximum Gasteiger partial charge on any atom is 0.314 e. The van der Waals surface area contributed by atoms with Crippen LogP contribution in [-0.4, -0.2) is 49.8 Å². The Morgan fingerprint density at radius 1 is 1.15 bits per heavy atom. The fourth-order valence-corrected chi connectivity index (χ4v) is 4.13. The minimum atomic E-state index is -3.73. The van der Waals surface area contributed by atoms with Gasteiger partial charge in [0.15, 0.2) is 0 Å². The fourth-order valence-electron chi connectivity index (χ4n) is 1.97. The largest absolute Gasteiger partial charge is 0.351 e. The Bertz CT molecular complexity index is 628. The van der Waals surface area contributed by atoms with Crippen molar-refractivity contribution < 1.29 is 13.2 Å². The van der Waals surface area contributed by atoms with Crippen LogP contribution in [-0.2, 0) is 10.0 Å². The summed E-state index contributed by atoms with van der Waals surface area (Å²) in [6.45, 7) is 0.863. The molecule has 0 aliphatic carbocycles. The molecule has 0 aromatic heterocycles. The van der Waals surface area contributed by atoms with Crippen molar-refractivity contribution in [2.45, 2.75) is 4.90 Å². The van der Waals surface area contributed by atoms with E-state index in [0.29, 0.717) is 0 Å². The van der Waals surface area contributed by atoms with E-state index in [-0.39, 0.29) is 41.1 Å². The number of rotatable bonds is 2. The summed E-state index contributed by atoms with van der Waals surface area (Å²) in [4.78, 5) is 12.4. The number of benzene rings is 1. The second-order valence-corrected chi connectivity index (χ2v) is 6.97. The third-order valence-corrected chi connectivity index (χ3v) is 5.96. The Morgan fingerprint density at radius 2 is 1.75 bits per heavy atom. The molecule has 1 heterocycles. The number of primary amides is 1. The second-order valence-electron chi connectivity index (χ2n) is 4.28. The molecule has 6 nitrogen and oxygen atoms in total. The van der Waals surface area contributed by atoms with Crippen molar-refractivity contribution in [3.8, 4) is 0 Å². The number of halogens is 2. The van der Waals surface area contributed by atoms with E-state index in [1.165, 1.54) is 27.4 Å². The van der Waals surface area contributed by atoms with Crippen molar-refractivity contribution in [1.82, 2.24) is 9.21 Å². The molecule has 0 bridgehead atoms. The van der Waals surface area contributed by atoms with Crippen molar-refractivity contribution in [1.29, 1.82) is 0 Å². The number of urea groups is 1. The van der Waals surface area contributed by atoms with E-state index in [1.54, 1.807) is 0 Å². The molecule has 20 heavy (non-hydrogen) atoms. The van der Waals surface area contributed by atoms with E-state index >= 15 is 0 Å². The number of carbonyl (C=O) groups excluding carboxylic acids is 1. The first-order valence-corrected chi connectivity index (χ1v) is 8.02. The zero-order chi connectivity index (χ0) is 14.9. The Morgan fingerprint density at radius 3 is 2.30 bits per heavy atom. The van der Waals surface area contributed by atoms with Crippen molar-refractivity contribution >= 4 is 39.3 Å². The van der Waals surface area contributed by atoms with Gasteiger partial charge in [-0.05, 0) is 12.1 Å². The summed E-state index contributed by atoms with van der Waals surface area (Å²) in [7, 11) is -3.73. The lowest BCUT2D eigenvalue weighted by Crippen LogP contribution is -2.52. The summed E-state index contributed by atoms with van der Waals surface area (Å²) in [5, 5.41) is 0.190. The molecule has 0 saturated carbocycles. The molecule has 110 valence electrons. The lowest BCUT2D eigenvalue weighted by molar-refractivity contribution is 0.181. The van der Waals surface area contributed by atoms with Gasteiger partial charge in [-0.15, -0.1) is 0 Å². The highest BCUT2D eigenvalue weighted by molar-refractivity contribution is 7.89. The van der Waals surface area contributed by atoms with E-state index in [2.05, 4.69) is 0 Å². The van der Waals surface area contributed by atoms with Crippen molar-refractivity contribution in [2.24, 2.45) is 5.73 Å². The first-order chi connectivity index (χ1) is 9.34. The molecule has 1 aromatic carbocycles. The highest BCUT2D eigenvalue weighted by Gasteiger charge is 2.31. The lowest BCUT2D eigenvalue weighted by Gasteiger charge is -2.33. The van der Waals surface area contributed by atoms with Crippen LogP contribution in [0.25, 0.3) is 0 Å². The highest BCUT2D eigenvalue weighted by atomic mass is 35.5. The molecular weight excluding hydrogens is 325 g/mol. The molecule has 0 atom stereocenters. The summed E-state index contributed by atoms with van der Waals surface area (Å²) in [5.74, 6) is 0. The van der Waals surface area contributed by atoms with Gasteiger partial charge in [0.25, 0.3) is 0 Å². The van der Waals surface area contributed by atoms with Gasteiger partial charge in [-0.25, -0.2) is 13.2 Å². The molecular formula is C11H13Cl2N3O3S. The molecule has 1 fully saturated rings. The highest BCUT2D eigenvalue weighted by Crippen LogP contribution is 2.31. The maximum absolute atomic E-state index is 12.5. The van der Waals surface area contributed by atoms with Gasteiger partial charge in [0.05, 0.1) is 10.0 Å². The van der Waals surface area contributed by atoms with Gasteiger partial charge in [-0.1, -0.05) is 29.3 Å². The summed E-state index contributed by atoms with van der Waals surface area (Å²) in [6, 6.07) is 3.90. The molecule has 1 aromatic rings. The Kier molecular flexibility index (Phi) is 4.43. The van der Waals surface area contributed by atoms with Crippen LogP contribution in [0.3, 0.4) is 0 Å². The molecule has 0 unspecified atom stereocenters. The first-order valence-electron chi connectivity index (χ1n) is 5.82. The van der Waals surface area contributed by atoms with E-state index in [4.69, 9.17) is 28.9 Å². The summed E-state index contributed by atoms with van der Waals surface area (Å²) < 4.78 is 26.2. The van der Waals surface area contributed by atoms with Crippen molar-refractivity contribution in [3.05, 3.63) is 28.2 Å². The fraction of sp³-hybridized carbons (Fsp3) is 0.364. The molecule has 1 saturated heterocycles. The Labute approximate surface area is 127 Å². The van der Waals surface area contributed by atoms with Gasteiger partial charge in [0.1, 0.15) is 4.90 Å². The first kappa shape index (κ1) is 15.4. The topological polar surface area (TPSA) is 83.7 Å². The molecule has 2 rings (SSSR count). The third kappa shape index (κ3) is 2.85. The van der Waals surface area contributed by atoms with Gasteiger partial charge in [0, 0.05) is 26.2 Å². The summed E-state index contributed by atoms with van der Waals surface area (Å²) in [6.07, 6.45) is 0. The smallest absolute Gasteiger partial charge is 0.314 e. The summed E-state index contributed by atoms with van der Waals surface area (Å²) >= 11 is 11.8. The van der Waals surface area contributed by atoms with Gasteiger partial charge in [-0.2, -0.15) is 4.31 Å². The zero-order valence-corrected chi connectivity index (χ0v) is 12.7. The van der Waals surface area contributed by atoms with Crippen LogP contribution in [0.15, 0.2) is 23.1 Å². The average Bonchev–Trinajstić information content (AvgIpc) is 2.41. The van der Waals surface area contributed by atoms with Crippen LogP contribution in [0.1, 0.15) is 0 Å². The van der Waals surface area contributed by atoms with E-state index in [0.717, 1.165) is 0 Å². The monoisotopic (exact) mass is 337 g/mol. The Balaban J connectivity index is 2.24. The number of hydrogen-bond acceptors (Lipinski definition) is 3. The minimum absolute atomic E-state index is 0.00602. The normalized spacial score (nSPS) is 17.2. The zero-order valence-electron chi connectivity index (χ0n) is 10.4. The van der Waals surface area contributed by atoms with Crippen LogP contribution in [0.2, 0.25) is 10.0 Å². The number of nitrogens with two attached hydrogens (primary N) is 1. The van der Waals surface area contributed by atoms with Crippen molar-refractivity contribution in [3.63, 3.8) is 0 Å². The second kappa shape index (κ2) is 5.77. The van der Waals surface area contributed by atoms with Gasteiger partial charge in [-0.3, -0.25) is 0 Å². The van der Waals surface area contributed by atoms with Crippen LogP contribution in [0, 0.1) is 0 Å². The molecule has 2 N–H and O–H groups in total. The number of sulfonamides is 1. The standard InChI is InChI=1S/C11H13Cl2N3O3S/c12-8-2-1-3-9(10(8)13)20(18,19)16-6-4-15(5-7-16)11(14)17/h1-3H,4-7H2,(H2,14,17). The Hall–Kier alpha value is -1.02. The molecule has 0 spiro atoms. The minimum Gasteiger partial charge on any atom is -0.351 e. The van der Waals surface area contributed by atoms with Crippen LogP contribution >= 0.6 is 23.2 Å². The lowest BCUT2D eigenvalue weighted by atomic mass is 10.4. The van der Waals surface area contributed by atoms with E-state index in [9.17, 15) is 13.2 Å². The molecule has 2 amide bonds. The predicted octanol–water partition coefficient (Wildman–Crippen LogP) is 1.38. The van der Waals surface area contributed by atoms with Gasteiger partial charge < -0.3 is 10.6 Å². The van der Waals surface area contributed by atoms with Crippen LogP contribution in [0.4, 0.5) is 4.79 Å². The van der Waals surface area contributed by atoms with Crippen molar-refractivity contribution in [2.75, 3.05) is 26.2 Å². The number of amides is 2. The molecule has 1 aliphatic heterocycles. The number of hydrogen-bond donors (Lipinski definition) is 1. The number of piperazine rings is 1.